The van der Waals surface area contributed by atoms with Crippen LogP contribution in [0, 0.1) is 5.92 Å². The number of nitrogens with zero attached hydrogens (tertiary/aromatic N) is 2. The number of anilines is 2. The Balaban J connectivity index is 1.65. The van der Waals surface area contributed by atoms with Crippen molar-refractivity contribution < 1.29 is 28.6 Å². The summed E-state index contributed by atoms with van der Waals surface area (Å²) in [5, 5.41) is 1.91. The maximum atomic E-state index is 13.8. The van der Waals surface area contributed by atoms with Crippen molar-refractivity contribution in [1.82, 2.24) is 0 Å². The smallest absolute Gasteiger partial charge is 0.266 e. The predicted octanol–water partition coefficient (Wildman–Crippen LogP) is 4.42. The van der Waals surface area contributed by atoms with Crippen LogP contribution in [0.5, 0.6) is 17.2 Å². The molecule has 0 saturated carbocycles. The highest BCUT2D eigenvalue weighted by atomic mass is 35.5. The number of carbonyl (C=O) groups is 2. The lowest BCUT2D eigenvalue weighted by atomic mass is 9.90. The number of benzene rings is 3. The molecule has 3 aromatic carbocycles. The van der Waals surface area contributed by atoms with Crippen molar-refractivity contribution in [3.63, 3.8) is 0 Å². The van der Waals surface area contributed by atoms with Gasteiger partial charge in [-0.1, -0.05) is 41.9 Å². The number of imide groups is 1. The van der Waals surface area contributed by atoms with E-state index >= 15 is 0 Å². The molecule has 35 heavy (non-hydrogen) atoms. The van der Waals surface area contributed by atoms with Crippen LogP contribution in [0.25, 0.3) is 0 Å². The molecule has 0 radical (unpaired) electrons. The van der Waals surface area contributed by atoms with E-state index in [2.05, 4.69) is 0 Å². The van der Waals surface area contributed by atoms with Crippen molar-refractivity contribution in [2.75, 3.05) is 31.3 Å². The molecule has 2 aliphatic rings. The highest BCUT2D eigenvalue weighted by Gasteiger charge is 2.60. The predicted molar refractivity (Wildman–Crippen MR) is 130 cm³/mol. The largest absolute Gasteiger partial charge is 0.493 e. The van der Waals surface area contributed by atoms with Crippen molar-refractivity contribution in [2.45, 2.75) is 12.1 Å². The molecule has 5 rings (SSSR count). The van der Waals surface area contributed by atoms with Crippen LogP contribution in [-0.4, -0.2) is 39.2 Å². The van der Waals surface area contributed by atoms with E-state index in [4.69, 9.17) is 30.6 Å². The Labute approximate surface area is 207 Å². The van der Waals surface area contributed by atoms with Gasteiger partial charge in [0.2, 0.25) is 11.7 Å². The minimum absolute atomic E-state index is 0.304. The van der Waals surface area contributed by atoms with Gasteiger partial charge in [-0.05, 0) is 42.0 Å². The van der Waals surface area contributed by atoms with Crippen LogP contribution < -0.4 is 24.2 Å². The minimum Gasteiger partial charge on any atom is -0.493 e. The lowest BCUT2D eigenvalue weighted by Crippen LogP contribution is -2.37. The fraction of sp³-hybridized carbons (Fsp3) is 0.231. The van der Waals surface area contributed by atoms with Gasteiger partial charge in [0, 0.05) is 0 Å². The Morgan fingerprint density at radius 1 is 0.829 bits per heavy atom. The molecule has 2 fully saturated rings. The fourth-order valence-electron chi connectivity index (χ4n) is 4.69. The third kappa shape index (κ3) is 3.66. The molecule has 2 aliphatic heterocycles. The first-order chi connectivity index (χ1) is 17.0. The van der Waals surface area contributed by atoms with E-state index in [1.807, 2.05) is 30.3 Å². The van der Waals surface area contributed by atoms with E-state index in [9.17, 15) is 9.59 Å². The molecule has 2 amide bonds. The van der Waals surface area contributed by atoms with E-state index < -0.39 is 29.9 Å². The van der Waals surface area contributed by atoms with Gasteiger partial charge in [0.1, 0.15) is 5.92 Å². The Kier molecular flexibility index (Phi) is 6.00. The number of methoxy groups -OCH3 is 3. The molecule has 8 nitrogen and oxygen atoms in total. The zero-order valence-corrected chi connectivity index (χ0v) is 20.1. The van der Waals surface area contributed by atoms with Crippen LogP contribution in [0.1, 0.15) is 11.6 Å². The summed E-state index contributed by atoms with van der Waals surface area (Å²) in [6.07, 6.45) is -1.02. The van der Waals surface area contributed by atoms with Gasteiger partial charge in [-0.25, -0.2) is 9.96 Å². The van der Waals surface area contributed by atoms with Crippen molar-refractivity contribution in [2.24, 2.45) is 5.92 Å². The average Bonchev–Trinajstić information content (AvgIpc) is 3.40. The Morgan fingerprint density at radius 3 is 2.06 bits per heavy atom. The third-order valence-electron chi connectivity index (χ3n) is 6.25. The number of rotatable bonds is 6. The maximum Gasteiger partial charge on any atom is 0.266 e. The van der Waals surface area contributed by atoms with Crippen LogP contribution in [0.4, 0.5) is 11.4 Å². The topological polar surface area (TPSA) is 77.5 Å². The van der Waals surface area contributed by atoms with Gasteiger partial charge in [-0.15, -0.1) is 0 Å². The van der Waals surface area contributed by atoms with E-state index in [1.165, 1.54) is 21.3 Å². The number of hydrogen-bond donors (Lipinski definition) is 0. The van der Waals surface area contributed by atoms with Gasteiger partial charge in [0.15, 0.2) is 17.6 Å². The summed E-state index contributed by atoms with van der Waals surface area (Å²) < 4.78 is 16.5. The normalized spacial score (nSPS) is 21.3. The first-order valence-electron chi connectivity index (χ1n) is 10.9. The Hall–Kier alpha value is -3.75. The molecule has 0 spiro atoms. The molecule has 3 aromatic rings. The summed E-state index contributed by atoms with van der Waals surface area (Å²) in [5.74, 6) is -0.417. The molecular weight excluding hydrogens is 472 g/mol. The molecule has 0 unspecified atom stereocenters. The lowest BCUT2D eigenvalue weighted by Gasteiger charge is -2.29. The second kappa shape index (κ2) is 9.13. The lowest BCUT2D eigenvalue weighted by molar-refractivity contribution is -0.126. The number of amides is 2. The number of fused-ring (bicyclic) bond motifs is 1. The highest BCUT2D eigenvalue weighted by molar-refractivity contribution is 6.36. The molecule has 9 heteroatoms. The van der Waals surface area contributed by atoms with Crippen LogP contribution in [0.3, 0.4) is 0 Å². The summed E-state index contributed by atoms with van der Waals surface area (Å²) >= 11 is 6.34. The fourth-order valence-corrected chi connectivity index (χ4v) is 4.92. The molecule has 0 N–H and O–H groups in total. The van der Waals surface area contributed by atoms with E-state index in [1.54, 1.807) is 41.5 Å². The van der Waals surface area contributed by atoms with E-state index in [-0.39, 0.29) is 0 Å². The SMILES string of the molecule is COc1cc([C@H]2[C@@H]3C(=O)N(c4ccccc4Cl)C(=O)[C@H]3ON2c2ccccc2)cc(OC)c1OC. The van der Waals surface area contributed by atoms with E-state index in [0.29, 0.717) is 39.2 Å². The van der Waals surface area contributed by atoms with Crippen molar-refractivity contribution in [1.29, 1.82) is 0 Å². The van der Waals surface area contributed by atoms with Gasteiger partial charge in [-0.2, -0.15) is 0 Å². The van der Waals surface area contributed by atoms with Gasteiger partial charge in [-0.3, -0.25) is 14.4 Å². The molecule has 2 saturated heterocycles. The van der Waals surface area contributed by atoms with Crippen molar-refractivity contribution in [3.8, 4) is 17.2 Å². The third-order valence-corrected chi connectivity index (χ3v) is 6.57. The molecular formula is C26H23ClN2O6. The Bertz CT molecular complexity index is 1260. The first kappa shape index (κ1) is 23.0. The molecule has 0 aliphatic carbocycles. The number of para-hydroxylation sites is 2. The van der Waals surface area contributed by atoms with Gasteiger partial charge >= 0.3 is 0 Å². The van der Waals surface area contributed by atoms with Crippen molar-refractivity contribution in [3.05, 3.63) is 77.3 Å². The van der Waals surface area contributed by atoms with Crippen LogP contribution in [0.15, 0.2) is 66.7 Å². The van der Waals surface area contributed by atoms with Gasteiger partial charge < -0.3 is 14.2 Å². The summed E-state index contributed by atoms with van der Waals surface area (Å²) in [6, 6.07) is 18.9. The van der Waals surface area contributed by atoms with Gasteiger partial charge in [0.25, 0.3) is 5.91 Å². The second-order valence-electron chi connectivity index (χ2n) is 8.08. The van der Waals surface area contributed by atoms with Crippen LogP contribution >= 0.6 is 11.6 Å². The van der Waals surface area contributed by atoms with Gasteiger partial charge in [0.05, 0.1) is 43.8 Å². The zero-order valence-electron chi connectivity index (χ0n) is 19.3. The summed E-state index contributed by atoms with van der Waals surface area (Å²) in [6.45, 7) is 0. The first-order valence-corrected chi connectivity index (χ1v) is 11.3. The maximum absolute atomic E-state index is 13.8. The Morgan fingerprint density at radius 2 is 1.46 bits per heavy atom. The number of halogens is 1. The monoisotopic (exact) mass is 494 g/mol. The molecule has 0 aromatic heterocycles. The quantitative estimate of drug-likeness (QED) is 0.469. The number of carbonyl (C=O) groups excluding carboxylic acids is 2. The molecule has 180 valence electrons. The molecule has 0 bridgehead atoms. The van der Waals surface area contributed by atoms with Crippen molar-refractivity contribution >= 4 is 34.8 Å². The number of hydrogen-bond acceptors (Lipinski definition) is 7. The van der Waals surface area contributed by atoms with E-state index in [0.717, 1.165) is 4.90 Å². The summed E-state index contributed by atoms with van der Waals surface area (Å²) in [4.78, 5) is 34.6. The average molecular weight is 495 g/mol. The molecule has 3 atom stereocenters. The second-order valence-corrected chi connectivity index (χ2v) is 8.49. The highest BCUT2D eigenvalue weighted by Crippen LogP contribution is 2.50. The zero-order chi connectivity index (χ0) is 24.7. The minimum atomic E-state index is -1.02. The molecule has 2 heterocycles. The van der Waals surface area contributed by atoms with Crippen LogP contribution in [0.2, 0.25) is 5.02 Å². The number of hydroxylamine groups is 1. The summed E-state index contributed by atoms with van der Waals surface area (Å²) in [7, 11) is 4.56. The number of ether oxygens (including phenoxy) is 3. The standard InChI is InChI=1S/C26H23ClN2O6/c1-32-19-13-15(14-20(33-2)23(19)34-3)22-21-24(35-29(22)16-9-5-4-6-10-16)26(31)28(25(21)30)18-12-8-7-11-17(18)27/h4-14,21-22,24H,1-3H3/t21-,22-,24-/m0/s1. The summed E-state index contributed by atoms with van der Waals surface area (Å²) in [5.41, 5.74) is 1.70. The van der Waals surface area contributed by atoms with Crippen LogP contribution in [-0.2, 0) is 14.4 Å².